The zero-order valence-corrected chi connectivity index (χ0v) is 9.70. The number of Topliss-reactive ketones (excluding diaryl/α,β-unsaturated/α-hetero) is 1. The first kappa shape index (κ1) is 11.8. The molecule has 1 amide bonds. The SMILES string of the molecule is Cc1ccc(C(=O)N2CCC(=O)CC2)c(F)c1. The Morgan fingerprint density at radius 3 is 2.53 bits per heavy atom. The summed E-state index contributed by atoms with van der Waals surface area (Å²) in [6.07, 6.45) is 0.748. The van der Waals surface area contributed by atoms with Crippen molar-refractivity contribution in [1.82, 2.24) is 4.90 Å². The monoisotopic (exact) mass is 235 g/mol. The second kappa shape index (κ2) is 4.65. The van der Waals surface area contributed by atoms with Gasteiger partial charge in [0.05, 0.1) is 5.56 Å². The Kier molecular flexibility index (Phi) is 3.22. The second-order valence-corrected chi connectivity index (χ2v) is 4.31. The summed E-state index contributed by atoms with van der Waals surface area (Å²) in [6, 6.07) is 4.57. The van der Waals surface area contributed by atoms with E-state index in [2.05, 4.69) is 0 Å². The predicted octanol–water partition coefficient (Wildman–Crippen LogP) is 1.94. The van der Waals surface area contributed by atoms with Crippen LogP contribution in [-0.2, 0) is 4.79 Å². The number of hydrogen-bond donors (Lipinski definition) is 0. The molecule has 0 saturated carbocycles. The van der Waals surface area contributed by atoms with Crippen LogP contribution < -0.4 is 0 Å². The zero-order chi connectivity index (χ0) is 12.4. The van der Waals surface area contributed by atoms with Crippen molar-refractivity contribution in [2.75, 3.05) is 13.1 Å². The van der Waals surface area contributed by atoms with Gasteiger partial charge in [0.15, 0.2) is 0 Å². The number of hydrogen-bond acceptors (Lipinski definition) is 2. The molecule has 0 spiro atoms. The number of benzene rings is 1. The number of likely N-dealkylation sites (tertiary alicyclic amines) is 1. The molecule has 1 aliphatic heterocycles. The van der Waals surface area contributed by atoms with Gasteiger partial charge in [-0.2, -0.15) is 0 Å². The van der Waals surface area contributed by atoms with Crippen LogP contribution in [0, 0.1) is 12.7 Å². The quantitative estimate of drug-likeness (QED) is 0.746. The lowest BCUT2D eigenvalue weighted by Gasteiger charge is -2.26. The molecule has 1 heterocycles. The average Bonchev–Trinajstić information content (AvgIpc) is 2.29. The lowest BCUT2D eigenvalue weighted by atomic mass is 10.1. The highest BCUT2D eigenvalue weighted by molar-refractivity contribution is 5.95. The van der Waals surface area contributed by atoms with E-state index in [1.807, 2.05) is 0 Å². The van der Waals surface area contributed by atoms with E-state index in [9.17, 15) is 14.0 Å². The predicted molar refractivity (Wildman–Crippen MR) is 61.3 cm³/mol. The van der Waals surface area contributed by atoms with Gasteiger partial charge in [0, 0.05) is 25.9 Å². The smallest absolute Gasteiger partial charge is 0.256 e. The van der Waals surface area contributed by atoms with Crippen molar-refractivity contribution in [3.05, 3.63) is 35.1 Å². The van der Waals surface area contributed by atoms with Gasteiger partial charge in [0.1, 0.15) is 11.6 Å². The Balaban J connectivity index is 2.16. The fourth-order valence-corrected chi connectivity index (χ4v) is 1.92. The third-order valence-electron chi connectivity index (χ3n) is 2.96. The van der Waals surface area contributed by atoms with Gasteiger partial charge in [-0.15, -0.1) is 0 Å². The molecule has 4 heteroatoms. The number of ketones is 1. The average molecular weight is 235 g/mol. The molecule has 90 valence electrons. The lowest BCUT2D eigenvalue weighted by Crippen LogP contribution is -2.38. The molecule has 3 nitrogen and oxygen atoms in total. The van der Waals surface area contributed by atoms with Gasteiger partial charge in [0.2, 0.25) is 0 Å². The van der Waals surface area contributed by atoms with E-state index in [-0.39, 0.29) is 17.3 Å². The molecule has 0 N–H and O–H groups in total. The van der Waals surface area contributed by atoms with Gasteiger partial charge in [-0.1, -0.05) is 6.07 Å². The van der Waals surface area contributed by atoms with Crippen LogP contribution in [0.25, 0.3) is 0 Å². The van der Waals surface area contributed by atoms with E-state index in [1.54, 1.807) is 13.0 Å². The highest BCUT2D eigenvalue weighted by Gasteiger charge is 2.23. The molecule has 1 fully saturated rings. The fourth-order valence-electron chi connectivity index (χ4n) is 1.92. The summed E-state index contributed by atoms with van der Waals surface area (Å²) in [7, 11) is 0. The molecule has 0 unspecified atom stereocenters. The van der Waals surface area contributed by atoms with Crippen molar-refractivity contribution in [2.24, 2.45) is 0 Å². The summed E-state index contributed by atoms with van der Waals surface area (Å²) in [4.78, 5) is 24.6. The van der Waals surface area contributed by atoms with E-state index >= 15 is 0 Å². The van der Waals surface area contributed by atoms with Crippen molar-refractivity contribution in [3.63, 3.8) is 0 Å². The van der Waals surface area contributed by atoms with Crippen molar-refractivity contribution in [1.29, 1.82) is 0 Å². The minimum absolute atomic E-state index is 0.0879. The summed E-state index contributed by atoms with van der Waals surface area (Å²) >= 11 is 0. The zero-order valence-electron chi connectivity index (χ0n) is 9.70. The van der Waals surface area contributed by atoms with Crippen molar-refractivity contribution >= 4 is 11.7 Å². The van der Waals surface area contributed by atoms with E-state index in [0.717, 1.165) is 5.56 Å². The molecule has 1 aliphatic rings. The first-order valence-corrected chi connectivity index (χ1v) is 5.65. The molecule has 0 aliphatic carbocycles. The number of rotatable bonds is 1. The number of nitrogens with zero attached hydrogens (tertiary/aromatic N) is 1. The van der Waals surface area contributed by atoms with Gasteiger partial charge in [0.25, 0.3) is 5.91 Å². The Bertz CT molecular complexity index is 460. The molecule has 0 atom stereocenters. The number of amides is 1. The van der Waals surface area contributed by atoms with Gasteiger partial charge in [-0.25, -0.2) is 4.39 Å². The van der Waals surface area contributed by atoms with Crippen molar-refractivity contribution < 1.29 is 14.0 Å². The summed E-state index contributed by atoms with van der Waals surface area (Å²) < 4.78 is 13.6. The van der Waals surface area contributed by atoms with Crippen LogP contribution in [0.3, 0.4) is 0 Å². The molecule has 1 aromatic carbocycles. The molecule has 2 rings (SSSR count). The molecule has 1 saturated heterocycles. The molecule has 0 bridgehead atoms. The van der Waals surface area contributed by atoms with Crippen LogP contribution in [0.1, 0.15) is 28.8 Å². The van der Waals surface area contributed by atoms with Gasteiger partial charge in [-0.05, 0) is 24.6 Å². The van der Waals surface area contributed by atoms with Crippen LogP contribution in [0.4, 0.5) is 4.39 Å². The lowest BCUT2D eigenvalue weighted by molar-refractivity contribution is -0.120. The van der Waals surface area contributed by atoms with E-state index in [4.69, 9.17) is 0 Å². The van der Waals surface area contributed by atoms with Crippen molar-refractivity contribution in [3.8, 4) is 0 Å². The number of aryl methyl sites for hydroxylation is 1. The maximum Gasteiger partial charge on any atom is 0.256 e. The molecule has 0 radical (unpaired) electrons. The van der Waals surface area contributed by atoms with Crippen molar-refractivity contribution in [2.45, 2.75) is 19.8 Å². The third-order valence-corrected chi connectivity index (χ3v) is 2.96. The minimum Gasteiger partial charge on any atom is -0.338 e. The highest BCUT2D eigenvalue weighted by atomic mass is 19.1. The van der Waals surface area contributed by atoms with E-state index < -0.39 is 5.82 Å². The minimum atomic E-state index is -0.494. The van der Waals surface area contributed by atoms with Crippen LogP contribution in [-0.4, -0.2) is 29.7 Å². The van der Waals surface area contributed by atoms with Gasteiger partial charge >= 0.3 is 0 Å². The van der Waals surface area contributed by atoms with E-state index in [0.29, 0.717) is 25.9 Å². The number of halogens is 1. The summed E-state index contributed by atoms with van der Waals surface area (Å²) in [5.74, 6) is -0.652. The maximum absolute atomic E-state index is 13.6. The first-order chi connectivity index (χ1) is 8.08. The van der Waals surface area contributed by atoms with Crippen LogP contribution in [0.15, 0.2) is 18.2 Å². The second-order valence-electron chi connectivity index (χ2n) is 4.31. The Hall–Kier alpha value is -1.71. The fraction of sp³-hybridized carbons (Fsp3) is 0.385. The first-order valence-electron chi connectivity index (χ1n) is 5.65. The Morgan fingerprint density at radius 1 is 1.29 bits per heavy atom. The largest absolute Gasteiger partial charge is 0.338 e. The Labute approximate surface area is 99.2 Å². The summed E-state index contributed by atoms with van der Waals surface area (Å²) in [5, 5.41) is 0. The standard InChI is InChI=1S/C13H14FNO2/c1-9-2-3-11(12(14)8-9)13(17)15-6-4-10(16)5-7-15/h2-3,8H,4-7H2,1H3. The van der Waals surface area contributed by atoms with Gasteiger partial charge < -0.3 is 4.90 Å². The topological polar surface area (TPSA) is 37.4 Å². The molecule has 17 heavy (non-hydrogen) atoms. The molecular weight excluding hydrogens is 221 g/mol. The van der Waals surface area contributed by atoms with Crippen LogP contribution in [0.5, 0.6) is 0 Å². The molecule has 1 aromatic rings. The molecular formula is C13H14FNO2. The van der Waals surface area contributed by atoms with Gasteiger partial charge in [-0.3, -0.25) is 9.59 Å². The summed E-state index contributed by atoms with van der Waals surface area (Å²) in [5.41, 5.74) is 0.873. The molecule has 0 aromatic heterocycles. The Morgan fingerprint density at radius 2 is 1.94 bits per heavy atom. The van der Waals surface area contributed by atoms with Crippen LogP contribution in [0.2, 0.25) is 0 Å². The normalized spacial score (nSPS) is 16.1. The maximum atomic E-state index is 13.6. The van der Waals surface area contributed by atoms with Crippen LogP contribution >= 0.6 is 0 Å². The third kappa shape index (κ3) is 2.52. The number of carbonyl (C=O) groups is 2. The van der Waals surface area contributed by atoms with E-state index in [1.165, 1.54) is 17.0 Å². The number of piperidine rings is 1. The highest BCUT2D eigenvalue weighted by Crippen LogP contribution is 2.15. The summed E-state index contributed by atoms with van der Waals surface area (Å²) in [6.45, 7) is 2.56. The number of carbonyl (C=O) groups excluding carboxylic acids is 2.